The Labute approximate surface area is 78.7 Å². The van der Waals surface area contributed by atoms with Crippen LogP contribution in [0.25, 0.3) is 0 Å². The summed E-state index contributed by atoms with van der Waals surface area (Å²) < 4.78 is 0. The summed E-state index contributed by atoms with van der Waals surface area (Å²) >= 11 is 0. The zero-order valence-electron chi connectivity index (χ0n) is 8.30. The summed E-state index contributed by atoms with van der Waals surface area (Å²) in [5, 5.41) is 0. The van der Waals surface area contributed by atoms with Gasteiger partial charge in [0.25, 0.3) is 0 Å². The first-order chi connectivity index (χ1) is 6.12. The molecule has 1 fully saturated rings. The molecule has 1 aromatic heterocycles. The molecule has 0 aliphatic heterocycles. The van der Waals surface area contributed by atoms with Gasteiger partial charge in [0.2, 0.25) is 0 Å². The Kier molecular flexibility index (Phi) is 1.91. The van der Waals surface area contributed by atoms with Crippen molar-refractivity contribution in [2.24, 2.45) is 5.73 Å². The van der Waals surface area contributed by atoms with E-state index in [1.54, 1.807) is 0 Å². The molecule has 0 saturated heterocycles. The molecule has 0 unspecified atom stereocenters. The van der Waals surface area contributed by atoms with Crippen LogP contribution in [0.1, 0.15) is 50.5 Å². The Morgan fingerprint density at radius 3 is 2.62 bits per heavy atom. The number of aromatic amines is 1. The summed E-state index contributed by atoms with van der Waals surface area (Å²) in [4.78, 5) is 7.67. The molecule has 0 radical (unpaired) electrons. The maximum absolute atomic E-state index is 6.14. The van der Waals surface area contributed by atoms with Crippen LogP contribution in [0, 0.1) is 0 Å². The van der Waals surface area contributed by atoms with E-state index < -0.39 is 0 Å². The maximum atomic E-state index is 6.14. The van der Waals surface area contributed by atoms with E-state index in [0.29, 0.717) is 5.92 Å². The highest BCUT2D eigenvalue weighted by molar-refractivity contribution is 5.15. The Hall–Kier alpha value is -0.830. The van der Waals surface area contributed by atoms with E-state index in [9.17, 15) is 0 Å². The molecule has 1 heterocycles. The zero-order valence-corrected chi connectivity index (χ0v) is 8.30. The number of rotatable bonds is 2. The van der Waals surface area contributed by atoms with Crippen LogP contribution in [-0.2, 0) is 5.54 Å². The molecule has 13 heavy (non-hydrogen) atoms. The van der Waals surface area contributed by atoms with E-state index in [1.165, 1.54) is 12.1 Å². The minimum atomic E-state index is -0.146. The highest BCUT2D eigenvalue weighted by atomic mass is 15.0. The second kappa shape index (κ2) is 2.84. The van der Waals surface area contributed by atoms with Crippen molar-refractivity contribution >= 4 is 0 Å². The lowest BCUT2D eigenvalue weighted by Gasteiger charge is -2.36. The van der Waals surface area contributed by atoms with Crippen LogP contribution in [0.5, 0.6) is 0 Å². The lowest BCUT2D eigenvalue weighted by Crippen LogP contribution is -2.44. The van der Waals surface area contributed by atoms with Crippen molar-refractivity contribution in [1.29, 1.82) is 0 Å². The fraction of sp³-hybridized carbons (Fsp3) is 0.700. The molecule has 1 aliphatic rings. The first kappa shape index (κ1) is 8.75. The van der Waals surface area contributed by atoms with E-state index in [0.717, 1.165) is 18.7 Å². The van der Waals surface area contributed by atoms with E-state index in [1.807, 2.05) is 6.20 Å². The van der Waals surface area contributed by atoms with E-state index >= 15 is 0 Å². The first-order valence-corrected chi connectivity index (χ1v) is 4.96. The van der Waals surface area contributed by atoms with Gasteiger partial charge in [-0.1, -0.05) is 13.8 Å². The molecule has 3 heteroatoms. The molecule has 0 aromatic carbocycles. The molecule has 0 amide bonds. The van der Waals surface area contributed by atoms with E-state index in [-0.39, 0.29) is 5.54 Å². The smallest absolute Gasteiger partial charge is 0.126 e. The second-order valence-corrected chi connectivity index (χ2v) is 4.35. The number of H-pyrrole nitrogens is 1. The summed E-state index contributed by atoms with van der Waals surface area (Å²) in [6.45, 7) is 4.31. The van der Waals surface area contributed by atoms with Crippen LogP contribution < -0.4 is 5.73 Å². The Balaban J connectivity index is 2.22. The average molecular weight is 179 g/mol. The molecule has 1 aliphatic carbocycles. The number of hydrogen-bond acceptors (Lipinski definition) is 2. The molecule has 3 N–H and O–H groups in total. The number of hydrogen-bond donors (Lipinski definition) is 2. The van der Waals surface area contributed by atoms with Gasteiger partial charge in [0, 0.05) is 11.9 Å². The second-order valence-electron chi connectivity index (χ2n) is 4.35. The summed E-state index contributed by atoms with van der Waals surface area (Å²) in [6.07, 6.45) is 5.28. The Morgan fingerprint density at radius 1 is 1.54 bits per heavy atom. The fourth-order valence-electron chi connectivity index (χ4n) is 1.68. The highest BCUT2D eigenvalue weighted by Gasteiger charge is 2.37. The quantitative estimate of drug-likeness (QED) is 0.728. The van der Waals surface area contributed by atoms with Crippen LogP contribution in [-0.4, -0.2) is 9.97 Å². The standard InChI is InChI=1S/C10H17N3/c1-7(2)8-6-12-9(13-8)10(11)4-3-5-10/h6-7H,3-5,11H2,1-2H3,(H,12,13). The Bertz CT molecular complexity index is 297. The average Bonchev–Trinajstić information content (AvgIpc) is 2.48. The fourth-order valence-corrected chi connectivity index (χ4v) is 1.68. The SMILES string of the molecule is CC(C)c1cnc(C2(N)CCC2)[nH]1. The van der Waals surface area contributed by atoms with Crippen molar-refractivity contribution in [3.8, 4) is 0 Å². The van der Waals surface area contributed by atoms with Crippen molar-refractivity contribution in [2.45, 2.75) is 44.6 Å². The van der Waals surface area contributed by atoms with Crippen molar-refractivity contribution in [3.05, 3.63) is 17.7 Å². The lowest BCUT2D eigenvalue weighted by atomic mass is 9.77. The number of aromatic nitrogens is 2. The van der Waals surface area contributed by atoms with Crippen LogP contribution >= 0.6 is 0 Å². The minimum absolute atomic E-state index is 0.146. The largest absolute Gasteiger partial charge is 0.344 e. The molecule has 1 aromatic rings. The molecule has 2 rings (SSSR count). The third-order valence-electron chi connectivity index (χ3n) is 2.93. The molecule has 0 spiro atoms. The molecular formula is C10H17N3. The van der Waals surface area contributed by atoms with Gasteiger partial charge in [0.1, 0.15) is 5.82 Å². The van der Waals surface area contributed by atoms with Gasteiger partial charge in [-0.25, -0.2) is 4.98 Å². The summed E-state index contributed by atoms with van der Waals surface area (Å²) in [6, 6.07) is 0. The van der Waals surface area contributed by atoms with Crippen LogP contribution in [0.2, 0.25) is 0 Å². The molecule has 3 nitrogen and oxygen atoms in total. The molecule has 72 valence electrons. The summed E-state index contributed by atoms with van der Waals surface area (Å²) in [5.74, 6) is 1.48. The van der Waals surface area contributed by atoms with Gasteiger partial charge < -0.3 is 10.7 Å². The predicted octanol–water partition coefficient (Wildman–Crippen LogP) is 1.87. The number of nitrogens with two attached hydrogens (primary N) is 1. The third-order valence-corrected chi connectivity index (χ3v) is 2.93. The number of imidazole rings is 1. The van der Waals surface area contributed by atoms with Gasteiger partial charge in [-0.3, -0.25) is 0 Å². The van der Waals surface area contributed by atoms with Crippen molar-refractivity contribution in [3.63, 3.8) is 0 Å². The topological polar surface area (TPSA) is 54.7 Å². The van der Waals surface area contributed by atoms with Crippen LogP contribution in [0.4, 0.5) is 0 Å². The summed E-state index contributed by atoms with van der Waals surface area (Å²) in [5.41, 5.74) is 7.18. The summed E-state index contributed by atoms with van der Waals surface area (Å²) in [7, 11) is 0. The van der Waals surface area contributed by atoms with Gasteiger partial charge in [-0.05, 0) is 25.2 Å². The molecule has 1 saturated carbocycles. The number of nitrogens with one attached hydrogen (secondary N) is 1. The number of nitrogens with zero attached hydrogens (tertiary/aromatic N) is 1. The monoisotopic (exact) mass is 179 g/mol. The van der Waals surface area contributed by atoms with Gasteiger partial charge in [-0.2, -0.15) is 0 Å². The molecule has 0 bridgehead atoms. The first-order valence-electron chi connectivity index (χ1n) is 4.96. The highest BCUT2D eigenvalue weighted by Crippen LogP contribution is 2.37. The third kappa shape index (κ3) is 1.37. The molecular weight excluding hydrogens is 162 g/mol. The molecule has 0 atom stereocenters. The van der Waals surface area contributed by atoms with Crippen molar-refractivity contribution in [2.75, 3.05) is 0 Å². The van der Waals surface area contributed by atoms with Gasteiger partial charge in [0.15, 0.2) is 0 Å². The van der Waals surface area contributed by atoms with Gasteiger partial charge >= 0.3 is 0 Å². The van der Waals surface area contributed by atoms with E-state index in [4.69, 9.17) is 5.73 Å². The maximum Gasteiger partial charge on any atom is 0.126 e. The van der Waals surface area contributed by atoms with Crippen molar-refractivity contribution in [1.82, 2.24) is 9.97 Å². The predicted molar refractivity (Wildman–Crippen MR) is 52.4 cm³/mol. The van der Waals surface area contributed by atoms with Gasteiger partial charge in [-0.15, -0.1) is 0 Å². The van der Waals surface area contributed by atoms with Crippen LogP contribution in [0.3, 0.4) is 0 Å². The zero-order chi connectivity index (χ0) is 9.47. The normalized spacial score (nSPS) is 20.3. The lowest BCUT2D eigenvalue weighted by molar-refractivity contribution is 0.239. The minimum Gasteiger partial charge on any atom is -0.344 e. The van der Waals surface area contributed by atoms with Crippen LogP contribution in [0.15, 0.2) is 6.20 Å². The van der Waals surface area contributed by atoms with E-state index in [2.05, 4.69) is 23.8 Å². The van der Waals surface area contributed by atoms with Gasteiger partial charge in [0.05, 0.1) is 5.54 Å². The van der Waals surface area contributed by atoms with Crippen molar-refractivity contribution < 1.29 is 0 Å². The Morgan fingerprint density at radius 2 is 2.23 bits per heavy atom.